The fourth-order valence-corrected chi connectivity index (χ4v) is 3.89. The van der Waals surface area contributed by atoms with Crippen LogP contribution in [0.2, 0.25) is 5.02 Å². The Labute approximate surface area is 173 Å². The van der Waals surface area contributed by atoms with Crippen molar-refractivity contribution in [3.8, 4) is 5.75 Å². The SMILES string of the molecule is CCCSC(Cc1cnc2cc(OCc3ccc(Cl)cc3)ccc2c1)C(=O)O. The van der Waals surface area contributed by atoms with Crippen molar-refractivity contribution in [2.75, 3.05) is 5.75 Å². The van der Waals surface area contributed by atoms with Gasteiger partial charge in [0.15, 0.2) is 0 Å². The first-order valence-corrected chi connectivity index (χ1v) is 10.6. The average molecular weight is 416 g/mol. The molecular weight excluding hydrogens is 394 g/mol. The minimum atomic E-state index is -0.774. The van der Waals surface area contributed by atoms with Gasteiger partial charge in [-0.1, -0.05) is 30.7 Å². The summed E-state index contributed by atoms with van der Waals surface area (Å²) in [5, 5.41) is 10.6. The van der Waals surface area contributed by atoms with E-state index in [9.17, 15) is 9.90 Å². The molecule has 146 valence electrons. The standard InChI is InChI=1S/C22H22ClNO3S/c1-2-9-28-21(22(25)26)11-16-10-17-5-8-19(12-20(17)24-13-16)27-14-15-3-6-18(23)7-4-15/h3-8,10,12-13,21H,2,9,11,14H2,1H3,(H,25,26). The molecule has 1 atom stereocenters. The van der Waals surface area contributed by atoms with Gasteiger partial charge in [-0.25, -0.2) is 0 Å². The highest BCUT2D eigenvalue weighted by Crippen LogP contribution is 2.24. The number of carbonyl (C=O) groups is 1. The van der Waals surface area contributed by atoms with Crippen molar-refractivity contribution in [1.29, 1.82) is 0 Å². The van der Waals surface area contributed by atoms with Crippen molar-refractivity contribution in [3.63, 3.8) is 0 Å². The Morgan fingerprint density at radius 1 is 1.18 bits per heavy atom. The first-order chi connectivity index (χ1) is 13.5. The second-order valence-corrected chi connectivity index (χ2v) is 8.26. The molecule has 0 spiro atoms. The number of aliphatic carboxylic acids is 1. The topological polar surface area (TPSA) is 59.4 Å². The molecule has 3 aromatic rings. The van der Waals surface area contributed by atoms with Crippen molar-refractivity contribution in [3.05, 3.63) is 70.9 Å². The van der Waals surface area contributed by atoms with Gasteiger partial charge in [0, 0.05) is 22.7 Å². The van der Waals surface area contributed by atoms with Crippen LogP contribution in [0.5, 0.6) is 5.75 Å². The summed E-state index contributed by atoms with van der Waals surface area (Å²) in [6.07, 6.45) is 3.19. The molecule has 2 aromatic carbocycles. The van der Waals surface area contributed by atoms with E-state index in [0.717, 1.165) is 40.0 Å². The fraction of sp³-hybridized carbons (Fsp3) is 0.273. The first-order valence-electron chi connectivity index (χ1n) is 9.15. The number of thioether (sulfide) groups is 1. The third kappa shape index (κ3) is 5.63. The van der Waals surface area contributed by atoms with E-state index < -0.39 is 11.2 Å². The predicted molar refractivity (Wildman–Crippen MR) is 115 cm³/mol. The lowest BCUT2D eigenvalue weighted by atomic mass is 10.1. The Bertz CT molecular complexity index is 946. The van der Waals surface area contributed by atoms with Crippen LogP contribution >= 0.6 is 23.4 Å². The van der Waals surface area contributed by atoms with Gasteiger partial charge in [0.1, 0.15) is 17.6 Å². The molecule has 6 heteroatoms. The second-order valence-electron chi connectivity index (χ2n) is 6.52. The number of halogens is 1. The van der Waals surface area contributed by atoms with E-state index in [1.807, 2.05) is 48.5 Å². The molecule has 3 rings (SSSR count). The third-order valence-electron chi connectivity index (χ3n) is 4.25. The molecule has 1 aromatic heterocycles. The summed E-state index contributed by atoms with van der Waals surface area (Å²) in [6, 6.07) is 15.3. The molecule has 0 aliphatic heterocycles. The molecule has 0 aliphatic carbocycles. The summed E-state index contributed by atoms with van der Waals surface area (Å²) < 4.78 is 5.85. The molecule has 1 heterocycles. The van der Waals surface area contributed by atoms with Crippen molar-refractivity contribution in [2.24, 2.45) is 0 Å². The smallest absolute Gasteiger partial charge is 0.316 e. The maximum atomic E-state index is 11.5. The molecule has 1 N–H and O–H groups in total. The molecule has 28 heavy (non-hydrogen) atoms. The van der Waals surface area contributed by atoms with E-state index in [1.54, 1.807) is 6.20 Å². The predicted octanol–water partition coefficient (Wildman–Crippen LogP) is 5.61. The van der Waals surface area contributed by atoms with Gasteiger partial charge in [-0.3, -0.25) is 9.78 Å². The van der Waals surface area contributed by atoms with Gasteiger partial charge in [-0.05, 0) is 60.1 Å². The van der Waals surface area contributed by atoms with Gasteiger partial charge in [0.2, 0.25) is 0 Å². The number of carboxylic acids is 1. The molecule has 0 aliphatic rings. The van der Waals surface area contributed by atoms with Crippen LogP contribution in [0.3, 0.4) is 0 Å². The lowest BCUT2D eigenvalue weighted by Gasteiger charge is -2.12. The zero-order chi connectivity index (χ0) is 19.9. The highest BCUT2D eigenvalue weighted by Gasteiger charge is 2.18. The highest BCUT2D eigenvalue weighted by molar-refractivity contribution is 8.00. The van der Waals surface area contributed by atoms with Gasteiger partial charge in [0.25, 0.3) is 0 Å². The zero-order valence-corrected chi connectivity index (χ0v) is 17.2. The van der Waals surface area contributed by atoms with Crippen LogP contribution in [-0.4, -0.2) is 27.1 Å². The number of carboxylic acid groups (broad SMARTS) is 1. The molecule has 0 saturated carbocycles. The van der Waals surface area contributed by atoms with Crippen LogP contribution in [0.25, 0.3) is 10.9 Å². The number of aromatic nitrogens is 1. The van der Waals surface area contributed by atoms with Gasteiger partial charge in [-0.15, -0.1) is 11.8 Å². The Morgan fingerprint density at radius 3 is 2.68 bits per heavy atom. The largest absolute Gasteiger partial charge is 0.489 e. The van der Waals surface area contributed by atoms with Crippen molar-refractivity contribution >= 4 is 40.2 Å². The Balaban J connectivity index is 1.69. The van der Waals surface area contributed by atoms with Crippen LogP contribution in [-0.2, 0) is 17.8 Å². The number of hydrogen-bond acceptors (Lipinski definition) is 4. The fourth-order valence-electron chi connectivity index (χ4n) is 2.79. The van der Waals surface area contributed by atoms with Crippen LogP contribution in [0.15, 0.2) is 54.7 Å². The number of fused-ring (bicyclic) bond motifs is 1. The summed E-state index contributed by atoms with van der Waals surface area (Å²) in [4.78, 5) is 16.0. The van der Waals surface area contributed by atoms with E-state index in [4.69, 9.17) is 16.3 Å². The summed E-state index contributed by atoms with van der Waals surface area (Å²) in [5.74, 6) is 0.806. The van der Waals surface area contributed by atoms with E-state index >= 15 is 0 Å². The Kier molecular flexibility index (Phi) is 7.18. The van der Waals surface area contributed by atoms with Crippen LogP contribution in [0, 0.1) is 0 Å². The Morgan fingerprint density at radius 2 is 1.96 bits per heavy atom. The molecule has 0 saturated heterocycles. The van der Waals surface area contributed by atoms with Crippen molar-refractivity contribution < 1.29 is 14.6 Å². The van der Waals surface area contributed by atoms with Crippen LogP contribution in [0.1, 0.15) is 24.5 Å². The molecular formula is C22H22ClNO3S. The van der Waals surface area contributed by atoms with Crippen molar-refractivity contribution in [2.45, 2.75) is 31.6 Å². The summed E-state index contributed by atoms with van der Waals surface area (Å²) in [5.41, 5.74) is 2.79. The third-order valence-corrected chi connectivity index (χ3v) is 5.92. The lowest BCUT2D eigenvalue weighted by molar-refractivity contribution is -0.136. The quantitative estimate of drug-likeness (QED) is 0.492. The van der Waals surface area contributed by atoms with E-state index in [2.05, 4.69) is 11.9 Å². The minimum Gasteiger partial charge on any atom is -0.489 e. The van der Waals surface area contributed by atoms with E-state index in [1.165, 1.54) is 11.8 Å². The zero-order valence-electron chi connectivity index (χ0n) is 15.6. The van der Waals surface area contributed by atoms with E-state index in [0.29, 0.717) is 18.1 Å². The number of hydrogen-bond donors (Lipinski definition) is 1. The molecule has 0 bridgehead atoms. The number of ether oxygens (including phenoxy) is 1. The average Bonchev–Trinajstić information content (AvgIpc) is 2.70. The minimum absolute atomic E-state index is 0.443. The normalized spacial score (nSPS) is 12.1. The highest BCUT2D eigenvalue weighted by atomic mass is 35.5. The maximum Gasteiger partial charge on any atom is 0.316 e. The number of rotatable bonds is 9. The van der Waals surface area contributed by atoms with E-state index in [-0.39, 0.29) is 0 Å². The summed E-state index contributed by atoms with van der Waals surface area (Å²) in [7, 11) is 0. The summed E-state index contributed by atoms with van der Waals surface area (Å²) in [6.45, 7) is 2.51. The number of pyridine rings is 1. The van der Waals surface area contributed by atoms with Gasteiger partial charge in [-0.2, -0.15) is 0 Å². The number of nitrogens with zero attached hydrogens (tertiary/aromatic N) is 1. The Hall–Kier alpha value is -2.24. The molecule has 0 radical (unpaired) electrons. The molecule has 0 amide bonds. The second kappa shape index (κ2) is 9.80. The van der Waals surface area contributed by atoms with Gasteiger partial charge >= 0.3 is 5.97 Å². The molecule has 4 nitrogen and oxygen atoms in total. The van der Waals surface area contributed by atoms with Crippen LogP contribution in [0.4, 0.5) is 0 Å². The first kappa shape index (κ1) is 20.5. The molecule has 0 fully saturated rings. The van der Waals surface area contributed by atoms with Gasteiger partial charge < -0.3 is 9.84 Å². The lowest BCUT2D eigenvalue weighted by Crippen LogP contribution is -2.19. The van der Waals surface area contributed by atoms with Gasteiger partial charge in [0.05, 0.1) is 5.52 Å². The monoisotopic (exact) mass is 415 g/mol. The number of benzene rings is 2. The molecule has 1 unspecified atom stereocenters. The van der Waals surface area contributed by atoms with Crippen LogP contribution < -0.4 is 4.74 Å². The van der Waals surface area contributed by atoms with Crippen molar-refractivity contribution in [1.82, 2.24) is 4.98 Å². The summed E-state index contributed by atoms with van der Waals surface area (Å²) >= 11 is 7.38. The maximum absolute atomic E-state index is 11.5.